The highest BCUT2D eigenvalue weighted by molar-refractivity contribution is 14.1. The van der Waals surface area contributed by atoms with Crippen LogP contribution in [0.5, 0.6) is 0 Å². The highest BCUT2D eigenvalue weighted by Gasteiger charge is 2.13. The van der Waals surface area contributed by atoms with Gasteiger partial charge in [0.2, 0.25) is 0 Å². The van der Waals surface area contributed by atoms with E-state index >= 15 is 0 Å². The van der Waals surface area contributed by atoms with Gasteiger partial charge in [-0.2, -0.15) is 0 Å². The van der Waals surface area contributed by atoms with Crippen molar-refractivity contribution in [2.75, 3.05) is 7.05 Å². The summed E-state index contributed by atoms with van der Waals surface area (Å²) in [6, 6.07) is 9.10. The zero-order valence-corrected chi connectivity index (χ0v) is 12.2. The number of benzene rings is 1. The van der Waals surface area contributed by atoms with Crippen LogP contribution in [-0.4, -0.2) is 12.0 Å². The first-order chi connectivity index (χ1) is 8.70. The lowest BCUT2D eigenvalue weighted by Gasteiger charge is -2.18. The minimum atomic E-state index is -0.193. The molecule has 0 amide bonds. The zero-order chi connectivity index (χ0) is 13.0. The predicted molar refractivity (Wildman–Crippen MR) is 78.9 cm³/mol. The molecule has 1 aromatic heterocycles. The number of hydrogen-bond donors (Lipinski definition) is 1. The van der Waals surface area contributed by atoms with Crippen molar-refractivity contribution in [3.63, 3.8) is 0 Å². The van der Waals surface area contributed by atoms with Crippen LogP contribution < -0.4 is 5.32 Å². The molecule has 4 heteroatoms. The summed E-state index contributed by atoms with van der Waals surface area (Å²) in [6.45, 7) is 0. The smallest absolute Gasteiger partial charge is 0.124 e. The molecule has 1 atom stereocenters. The molecule has 2 aromatic rings. The van der Waals surface area contributed by atoms with Crippen LogP contribution in [0.2, 0.25) is 0 Å². The molecule has 0 saturated heterocycles. The monoisotopic (exact) mass is 356 g/mol. The van der Waals surface area contributed by atoms with Gasteiger partial charge < -0.3 is 5.32 Å². The van der Waals surface area contributed by atoms with Gasteiger partial charge in [0.05, 0.1) is 0 Å². The number of aromatic nitrogens is 1. The Morgan fingerprint density at radius 3 is 2.61 bits per heavy atom. The SMILES string of the molecule is CNC(Cc1ccncc1)c1ccc(F)cc1I. The van der Waals surface area contributed by atoms with Crippen LogP contribution in [0.4, 0.5) is 4.39 Å². The lowest BCUT2D eigenvalue weighted by molar-refractivity contribution is 0.582. The van der Waals surface area contributed by atoms with Crippen molar-refractivity contribution in [1.29, 1.82) is 0 Å². The zero-order valence-electron chi connectivity index (χ0n) is 10.0. The molecule has 0 radical (unpaired) electrons. The van der Waals surface area contributed by atoms with E-state index in [2.05, 4.69) is 32.9 Å². The molecule has 0 bridgehead atoms. The molecule has 0 fully saturated rings. The Kier molecular flexibility index (Phi) is 4.66. The van der Waals surface area contributed by atoms with E-state index in [0.717, 1.165) is 15.6 Å². The third kappa shape index (κ3) is 3.26. The molecular weight excluding hydrogens is 342 g/mol. The number of rotatable bonds is 4. The van der Waals surface area contributed by atoms with E-state index in [-0.39, 0.29) is 11.9 Å². The van der Waals surface area contributed by atoms with Crippen molar-refractivity contribution in [2.45, 2.75) is 12.5 Å². The fourth-order valence-electron chi connectivity index (χ4n) is 1.91. The molecule has 94 valence electrons. The normalized spacial score (nSPS) is 12.4. The lowest BCUT2D eigenvalue weighted by Crippen LogP contribution is -2.20. The van der Waals surface area contributed by atoms with E-state index in [4.69, 9.17) is 0 Å². The fraction of sp³-hybridized carbons (Fsp3) is 0.214. The summed E-state index contributed by atoms with van der Waals surface area (Å²) in [5, 5.41) is 3.28. The van der Waals surface area contributed by atoms with Crippen molar-refractivity contribution < 1.29 is 4.39 Å². The van der Waals surface area contributed by atoms with Gasteiger partial charge in [-0.3, -0.25) is 4.98 Å². The van der Waals surface area contributed by atoms with Crippen LogP contribution in [0.15, 0.2) is 42.7 Å². The highest BCUT2D eigenvalue weighted by Crippen LogP contribution is 2.23. The molecule has 0 aliphatic carbocycles. The number of pyridine rings is 1. The molecule has 0 aliphatic rings. The van der Waals surface area contributed by atoms with Crippen LogP contribution in [0.1, 0.15) is 17.2 Å². The second-order valence-corrected chi connectivity index (χ2v) is 5.23. The summed E-state index contributed by atoms with van der Waals surface area (Å²) in [5.74, 6) is -0.193. The van der Waals surface area contributed by atoms with E-state index < -0.39 is 0 Å². The predicted octanol–water partition coefficient (Wildman–Crippen LogP) is 3.33. The van der Waals surface area contributed by atoms with Crippen LogP contribution in [0, 0.1) is 9.39 Å². The van der Waals surface area contributed by atoms with E-state index in [1.54, 1.807) is 18.5 Å². The van der Waals surface area contributed by atoms with Gasteiger partial charge in [0.15, 0.2) is 0 Å². The van der Waals surface area contributed by atoms with Gasteiger partial charge in [0.1, 0.15) is 5.82 Å². The summed E-state index contributed by atoms with van der Waals surface area (Å²) < 4.78 is 14.1. The molecule has 0 saturated carbocycles. The average molecular weight is 356 g/mol. The van der Waals surface area contributed by atoms with Gasteiger partial charge in [0.25, 0.3) is 0 Å². The summed E-state index contributed by atoms with van der Waals surface area (Å²) in [4.78, 5) is 4.01. The Morgan fingerprint density at radius 1 is 1.28 bits per heavy atom. The Bertz CT molecular complexity index is 516. The second-order valence-electron chi connectivity index (χ2n) is 4.07. The Morgan fingerprint density at radius 2 is 2.00 bits per heavy atom. The third-order valence-corrected chi connectivity index (χ3v) is 3.81. The van der Waals surface area contributed by atoms with E-state index in [0.29, 0.717) is 0 Å². The molecule has 1 unspecified atom stereocenters. The van der Waals surface area contributed by atoms with Crippen LogP contribution in [0.3, 0.4) is 0 Å². The maximum Gasteiger partial charge on any atom is 0.124 e. The van der Waals surface area contributed by atoms with Crippen LogP contribution >= 0.6 is 22.6 Å². The fourth-order valence-corrected chi connectivity index (χ4v) is 2.76. The molecule has 1 aromatic carbocycles. The molecule has 2 nitrogen and oxygen atoms in total. The van der Waals surface area contributed by atoms with Gasteiger partial charge in [-0.1, -0.05) is 6.07 Å². The Balaban J connectivity index is 2.23. The molecule has 0 aliphatic heterocycles. The second kappa shape index (κ2) is 6.24. The number of nitrogens with one attached hydrogen (secondary N) is 1. The molecular formula is C14H14FIN2. The maximum absolute atomic E-state index is 13.1. The topological polar surface area (TPSA) is 24.9 Å². The quantitative estimate of drug-likeness (QED) is 0.851. The first kappa shape index (κ1) is 13.4. The van der Waals surface area contributed by atoms with Gasteiger partial charge in [0, 0.05) is 22.0 Å². The summed E-state index contributed by atoms with van der Waals surface area (Å²) in [7, 11) is 1.92. The molecule has 0 spiro atoms. The van der Waals surface area contributed by atoms with Gasteiger partial charge in [-0.25, -0.2) is 4.39 Å². The van der Waals surface area contributed by atoms with E-state index in [9.17, 15) is 4.39 Å². The van der Waals surface area contributed by atoms with E-state index in [1.165, 1.54) is 11.6 Å². The summed E-state index contributed by atoms with van der Waals surface area (Å²) in [6.07, 6.45) is 4.44. The first-order valence-corrected chi connectivity index (χ1v) is 6.79. The minimum Gasteiger partial charge on any atom is -0.313 e. The van der Waals surface area contributed by atoms with Crippen molar-refractivity contribution in [2.24, 2.45) is 0 Å². The Labute approximate surface area is 120 Å². The molecule has 1 N–H and O–H groups in total. The summed E-state index contributed by atoms with van der Waals surface area (Å²) >= 11 is 2.17. The number of halogens is 2. The van der Waals surface area contributed by atoms with E-state index in [1.807, 2.05) is 25.2 Å². The number of likely N-dealkylation sites (N-methyl/N-ethyl adjacent to an activating group) is 1. The van der Waals surface area contributed by atoms with Gasteiger partial charge in [-0.05, 0) is 71.5 Å². The minimum absolute atomic E-state index is 0.180. The number of nitrogens with zero attached hydrogens (tertiary/aromatic N) is 1. The first-order valence-electron chi connectivity index (χ1n) is 5.72. The van der Waals surface area contributed by atoms with Crippen molar-refractivity contribution in [3.8, 4) is 0 Å². The standard InChI is InChI=1S/C14H14FIN2/c1-17-14(8-10-4-6-18-7-5-10)12-3-2-11(15)9-13(12)16/h2-7,9,14,17H,8H2,1H3. The average Bonchev–Trinajstić information content (AvgIpc) is 2.38. The van der Waals surface area contributed by atoms with Crippen LogP contribution in [-0.2, 0) is 6.42 Å². The Hall–Kier alpha value is -1.01. The highest BCUT2D eigenvalue weighted by atomic mass is 127. The van der Waals surface area contributed by atoms with Gasteiger partial charge in [-0.15, -0.1) is 0 Å². The molecule has 18 heavy (non-hydrogen) atoms. The van der Waals surface area contributed by atoms with Crippen molar-refractivity contribution in [1.82, 2.24) is 10.3 Å². The molecule has 2 rings (SSSR count). The lowest BCUT2D eigenvalue weighted by atomic mass is 10.00. The van der Waals surface area contributed by atoms with Crippen LogP contribution in [0.25, 0.3) is 0 Å². The maximum atomic E-state index is 13.1. The van der Waals surface area contributed by atoms with Crippen molar-refractivity contribution >= 4 is 22.6 Å². The summed E-state index contributed by atoms with van der Waals surface area (Å²) in [5.41, 5.74) is 2.33. The largest absolute Gasteiger partial charge is 0.313 e. The van der Waals surface area contributed by atoms with Gasteiger partial charge >= 0.3 is 0 Å². The number of hydrogen-bond acceptors (Lipinski definition) is 2. The van der Waals surface area contributed by atoms with Crippen molar-refractivity contribution in [3.05, 3.63) is 63.2 Å². The third-order valence-electron chi connectivity index (χ3n) is 2.88. The molecule has 1 heterocycles.